The van der Waals surface area contributed by atoms with Crippen molar-refractivity contribution in [3.63, 3.8) is 0 Å². The summed E-state index contributed by atoms with van der Waals surface area (Å²) >= 11 is 0. The third-order valence-electron chi connectivity index (χ3n) is 3.00. The van der Waals surface area contributed by atoms with Crippen molar-refractivity contribution in [3.8, 4) is 0 Å². The van der Waals surface area contributed by atoms with E-state index < -0.39 is 5.60 Å². The summed E-state index contributed by atoms with van der Waals surface area (Å²) in [5.41, 5.74) is 0.747. The average Bonchev–Trinajstić information content (AvgIpc) is 2.02. The topological polar surface area (TPSA) is 20.2 Å². The SMILES string of the molecule is CCC1CCCC(O)(C=C(C)C)C1. The molecule has 0 saturated heterocycles. The lowest BCUT2D eigenvalue weighted by molar-refractivity contribution is 0.0266. The molecule has 0 spiro atoms. The maximum Gasteiger partial charge on any atom is 0.0832 e. The van der Waals surface area contributed by atoms with Crippen LogP contribution in [0.4, 0.5) is 0 Å². The highest BCUT2D eigenvalue weighted by Gasteiger charge is 2.31. The van der Waals surface area contributed by atoms with Gasteiger partial charge in [0.2, 0.25) is 0 Å². The molecule has 1 fully saturated rings. The van der Waals surface area contributed by atoms with Crippen molar-refractivity contribution in [2.45, 2.75) is 58.5 Å². The predicted octanol–water partition coefficient (Wildman–Crippen LogP) is 3.28. The Hall–Kier alpha value is -0.300. The van der Waals surface area contributed by atoms with Gasteiger partial charge in [-0.05, 0) is 39.0 Å². The van der Waals surface area contributed by atoms with Gasteiger partial charge in [-0.1, -0.05) is 31.4 Å². The first-order chi connectivity index (χ1) is 6.06. The summed E-state index contributed by atoms with van der Waals surface area (Å²) in [7, 11) is 0. The standard InChI is InChI=1S/C12H22O/c1-4-11-6-5-7-12(13,9-11)8-10(2)3/h8,11,13H,4-7,9H2,1-3H3. The first-order valence-corrected chi connectivity index (χ1v) is 5.44. The van der Waals surface area contributed by atoms with Crippen LogP contribution in [-0.2, 0) is 0 Å². The van der Waals surface area contributed by atoms with Gasteiger partial charge in [0.25, 0.3) is 0 Å². The van der Waals surface area contributed by atoms with E-state index in [1.54, 1.807) is 0 Å². The van der Waals surface area contributed by atoms with Crippen molar-refractivity contribution < 1.29 is 5.11 Å². The van der Waals surface area contributed by atoms with Gasteiger partial charge in [0, 0.05) is 0 Å². The van der Waals surface area contributed by atoms with Gasteiger partial charge in [0.1, 0.15) is 0 Å². The molecule has 1 aliphatic carbocycles. The molecule has 0 bridgehead atoms. The van der Waals surface area contributed by atoms with E-state index in [9.17, 15) is 5.11 Å². The minimum Gasteiger partial charge on any atom is -0.386 e. The molecular weight excluding hydrogens is 160 g/mol. The zero-order valence-corrected chi connectivity index (χ0v) is 9.14. The van der Waals surface area contributed by atoms with Crippen LogP contribution in [0.1, 0.15) is 52.9 Å². The third-order valence-corrected chi connectivity index (χ3v) is 3.00. The molecule has 0 radical (unpaired) electrons. The number of allylic oxidation sites excluding steroid dienone is 1. The van der Waals surface area contributed by atoms with E-state index in [0.717, 1.165) is 18.8 Å². The molecule has 0 aromatic carbocycles. The molecule has 1 N–H and O–H groups in total. The summed E-state index contributed by atoms with van der Waals surface area (Å²) in [5.74, 6) is 0.731. The van der Waals surface area contributed by atoms with E-state index in [-0.39, 0.29) is 0 Å². The van der Waals surface area contributed by atoms with Crippen LogP contribution in [0.2, 0.25) is 0 Å². The number of aliphatic hydroxyl groups is 1. The Morgan fingerprint density at radius 3 is 2.77 bits per heavy atom. The second kappa shape index (κ2) is 4.28. The van der Waals surface area contributed by atoms with Gasteiger partial charge in [-0.15, -0.1) is 0 Å². The molecule has 0 amide bonds. The molecular formula is C12H22O. The summed E-state index contributed by atoms with van der Waals surface area (Å²) in [5, 5.41) is 10.3. The molecule has 1 aliphatic rings. The second-order valence-corrected chi connectivity index (χ2v) is 4.70. The zero-order chi connectivity index (χ0) is 9.90. The summed E-state index contributed by atoms with van der Waals surface area (Å²) in [4.78, 5) is 0. The number of hydrogen-bond donors (Lipinski definition) is 1. The van der Waals surface area contributed by atoms with Crippen LogP contribution in [0.15, 0.2) is 11.6 Å². The minimum absolute atomic E-state index is 0.488. The molecule has 0 heterocycles. The first kappa shape index (κ1) is 10.8. The highest BCUT2D eigenvalue weighted by Crippen LogP contribution is 2.35. The molecule has 0 aliphatic heterocycles. The van der Waals surface area contributed by atoms with Gasteiger partial charge in [0.15, 0.2) is 0 Å². The molecule has 2 atom stereocenters. The van der Waals surface area contributed by atoms with E-state index in [2.05, 4.69) is 26.8 Å². The summed E-state index contributed by atoms with van der Waals surface area (Å²) in [6, 6.07) is 0. The smallest absolute Gasteiger partial charge is 0.0832 e. The molecule has 76 valence electrons. The van der Waals surface area contributed by atoms with Gasteiger partial charge in [-0.2, -0.15) is 0 Å². The van der Waals surface area contributed by atoms with Gasteiger partial charge < -0.3 is 5.11 Å². The number of hydrogen-bond acceptors (Lipinski definition) is 1. The van der Waals surface area contributed by atoms with Crippen LogP contribution in [0.3, 0.4) is 0 Å². The fraction of sp³-hybridized carbons (Fsp3) is 0.833. The predicted molar refractivity (Wildman–Crippen MR) is 56.6 cm³/mol. The van der Waals surface area contributed by atoms with Crippen LogP contribution in [0, 0.1) is 5.92 Å². The largest absolute Gasteiger partial charge is 0.386 e. The van der Waals surface area contributed by atoms with Gasteiger partial charge in [-0.3, -0.25) is 0 Å². The van der Waals surface area contributed by atoms with Crippen molar-refractivity contribution in [3.05, 3.63) is 11.6 Å². The van der Waals surface area contributed by atoms with E-state index in [0.29, 0.717) is 0 Å². The normalized spacial score (nSPS) is 34.3. The highest BCUT2D eigenvalue weighted by atomic mass is 16.3. The number of rotatable bonds is 2. The van der Waals surface area contributed by atoms with Crippen molar-refractivity contribution in [2.24, 2.45) is 5.92 Å². The molecule has 1 saturated carbocycles. The van der Waals surface area contributed by atoms with Crippen molar-refractivity contribution in [1.82, 2.24) is 0 Å². The van der Waals surface area contributed by atoms with E-state index in [1.165, 1.54) is 24.8 Å². The maximum atomic E-state index is 10.3. The Balaban J connectivity index is 2.62. The average molecular weight is 182 g/mol. The summed E-state index contributed by atoms with van der Waals surface area (Å²) in [6.45, 7) is 6.35. The molecule has 13 heavy (non-hydrogen) atoms. The molecule has 2 unspecified atom stereocenters. The quantitative estimate of drug-likeness (QED) is 0.650. The Bertz CT molecular complexity index is 191. The fourth-order valence-corrected chi connectivity index (χ4v) is 2.42. The van der Waals surface area contributed by atoms with Crippen LogP contribution in [0.25, 0.3) is 0 Å². The van der Waals surface area contributed by atoms with E-state index in [1.807, 2.05) is 0 Å². The maximum absolute atomic E-state index is 10.3. The van der Waals surface area contributed by atoms with Gasteiger partial charge in [0.05, 0.1) is 5.60 Å². The van der Waals surface area contributed by atoms with Crippen LogP contribution >= 0.6 is 0 Å². The Morgan fingerprint density at radius 2 is 2.23 bits per heavy atom. The van der Waals surface area contributed by atoms with E-state index in [4.69, 9.17) is 0 Å². The Kier molecular flexibility index (Phi) is 3.55. The minimum atomic E-state index is -0.488. The van der Waals surface area contributed by atoms with Crippen LogP contribution < -0.4 is 0 Å². The van der Waals surface area contributed by atoms with Crippen molar-refractivity contribution >= 4 is 0 Å². The summed E-state index contributed by atoms with van der Waals surface area (Å²) in [6.07, 6.45) is 7.66. The van der Waals surface area contributed by atoms with Crippen LogP contribution in [0.5, 0.6) is 0 Å². The zero-order valence-electron chi connectivity index (χ0n) is 9.14. The molecule has 1 heteroatoms. The second-order valence-electron chi connectivity index (χ2n) is 4.70. The Morgan fingerprint density at radius 1 is 1.54 bits per heavy atom. The monoisotopic (exact) mass is 182 g/mol. The molecule has 1 nitrogen and oxygen atoms in total. The van der Waals surface area contributed by atoms with Crippen LogP contribution in [-0.4, -0.2) is 10.7 Å². The third kappa shape index (κ3) is 3.15. The van der Waals surface area contributed by atoms with Crippen molar-refractivity contribution in [2.75, 3.05) is 0 Å². The lowest BCUT2D eigenvalue weighted by atomic mass is 9.76. The highest BCUT2D eigenvalue weighted by molar-refractivity contribution is 5.08. The van der Waals surface area contributed by atoms with Gasteiger partial charge >= 0.3 is 0 Å². The Labute approximate surface area is 81.9 Å². The molecule has 0 aromatic heterocycles. The van der Waals surface area contributed by atoms with Crippen molar-refractivity contribution in [1.29, 1.82) is 0 Å². The molecule has 0 aromatic rings. The summed E-state index contributed by atoms with van der Waals surface area (Å²) < 4.78 is 0. The lowest BCUT2D eigenvalue weighted by Crippen LogP contribution is -2.33. The molecule has 1 rings (SSSR count). The first-order valence-electron chi connectivity index (χ1n) is 5.44. The van der Waals surface area contributed by atoms with E-state index >= 15 is 0 Å². The lowest BCUT2D eigenvalue weighted by Gasteiger charge is -2.34. The van der Waals surface area contributed by atoms with Gasteiger partial charge in [-0.25, -0.2) is 0 Å². The fourth-order valence-electron chi connectivity index (χ4n) is 2.42.